The summed E-state index contributed by atoms with van der Waals surface area (Å²) in [6.07, 6.45) is 1.71. The van der Waals surface area contributed by atoms with E-state index in [4.69, 9.17) is 9.47 Å². The monoisotopic (exact) mass is 243 g/mol. The molecule has 1 aliphatic carbocycles. The van der Waals surface area contributed by atoms with Crippen molar-refractivity contribution in [3.8, 4) is 0 Å². The van der Waals surface area contributed by atoms with Gasteiger partial charge in [0.05, 0.1) is 18.2 Å². The summed E-state index contributed by atoms with van der Waals surface area (Å²) in [5.74, 6) is 0. The fraction of sp³-hybridized carbons (Fsp3) is 0.917. The largest absolute Gasteiger partial charge is 0.444 e. The Bertz CT molecular complexity index is 306. The number of ether oxygens (including phenoxy) is 2. The molecular weight excluding hydrogens is 222 g/mol. The molecule has 2 N–H and O–H groups in total. The number of aliphatic hydroxyl groups excluding tert-OH is 1. The van der Waals surface area contributed by atoms with E-state index in [0.717, 1.165) is 19.3 Å². The maximum atomic E-state index is 11.6. The van der Waals surface area contributed by atoms with Gasteiger partial charge in [-0.3, -0.25) is 0 Å². The average molecular weight is 243 g/mol. The van der Waals surface area contributed by atoms with Crippen molar-refractivity contribution in [3.05, 3.63) is 0 Å². The number of hydrogen-bond acceptors (Lipinski definition) is 4. The molecule has 5 heteroatoms. The highest BCUT2D eigenvalue weighted by Gasteiger charge is 2.53. The summed E-state index contributed by atoms with van der Waals surface area (Å²) < 4.78 is 10.8. The number of hydrogen-bond donors (Lipinski definition) is 2. The van der Waals surface area contributed by atoms with Gasteiger partial charge in [-0.1, -0.05) is 0 Å². The van der Waals surface area contributed by atoms with Crippen LogP contribution >= 0.6 is 0 Å². The van der Waals surface area contributed by atoms with E-state index in [2.05, 4.69) is 5.32 Å². The Labute approximate surface area is 101 Å². The Morgan fingerprint density at radius 3 is 2.53 bits per heavy atom. The van der Waals surface area contributed by atoms with Gasteiger partial charge < -0.3 is 19.9 Å². The number of amides is 1. The molecule has 1 saturated carbocycles. The van der Waals surface area contributed by atoms with Crippen molar-refractivity contribution in [2.75, 3.05) is 6.61 Å². The Morgan fingerprint density at radius 1 is 1.47 bits per heavy atom. The van der Waals surface area contributed by atoms with Crippen LogP contribution in [-0.2, 0) is 9.47 Å². The van der Waals surface area contributed by atoms with Crippen LogP contribution in [0.1, 0.15) is 40.0 Å². The number of rotatable bonds is 1. The molecule has 5 nitrogen and oxygen atoms in total. The van der Waals surface area contributed by atoms with Crippen LogP contribution in [0.4, 0.5) is 4.79 Å². The van der Waals surface area contributed by atoms with Crippen LogP contribution < -0.4 is 5.32 Å². The van der Waals surface area contributed by atoms with Crippen molar-refractivity contribution in [2.24, 2.45) is 0 Å². The number of carbonyl (C=O) groups excluding carboxylic acids is 1. The zero-order valence-corrected chi connectivity index (χ0v) is 10.7. The van der Waals surface area contributed by atoms with Gasteiger partial charge in [0, 0.05) is 0 Å². The molecule has 2 fully saturated rings. The van der Waals surface area contributed by atoms with Gasteiger partial charge in [-0.05, 0) is 40.0 Å². The second-order valence-corrected chi connectivity index (χ2v) is 5.93. The van der Waals surface area contributed by atoms with E-state index >= 15 is 0 Å². The maximum absolute atomic E-state index is 11.6. The molecule has 1 amide bonds. The Kier molecular flexibility index (Phi) is 3.08. The van der Waals surface area contributed by atoms with E-state index < -0.39 is 23.4 Å². The Balaban J connectivity index is 1.86. The molecule has 0 radical (unpaired) electrons. The highest BCUT2D eigenvalue weighted by molar-refractivity contribution is 5.68. The minimum atomic E-state index is -0.622. The van der Waals surface area contributed by atoms with Gasteiger partial charge in [-0.2, -0.15) is 0 Å². The fourth-order valence-corrected chi connectivity index (χ4v) is 2.34. The van der Waals surface area contributed by atoms with Crippen LogP contribution in [0.25, 0.3) is 0 Å². The molecule has 98 valence electrons. The van der Waals surface area contributed by atoms with Crippen molar-refractivity contribution < 1.29 is 19.4 Å². The molecule has 1 heterocycles. The van der Waals surface area contributed by atoms with Gasteiger partial charge in [0.15, 0.2) is 0 Å². The zero-order chi connectivity index (χ0) is 12.7. The van der Waals surface area contributed by atoms with E-state index in [-0.39, 0.29) is 6.04 Å². The standard InChI is InChI=1S/C12H21NO4/c1-11(2,3)17-10(15)13-8-7-16-12(9(8)14)5-4-6-12/h8-9,14H,4-7H2,1-3H3,(H,13,15)/t8-,9+/m1/s1. The molecule has 1 aliphatic heterocycles. The van der Waals surface area contributed by atoms with Gasteiger partial charge in [-0.15, -0.1) is 0 Å². The lowest BCUT2D eigenvalue weighted by Crippen LogP contribution is -2.53. The predicted octanol–water partition coefficient (Wildman–Crippen LogP) is 1.19. The SMILES string of the molecule is CC(C)(C)OC(=O)N[C@@H]1COC2(CCC2)[C@H]1O. The van der Waals surface area contributed by atoms with Crippen LogP contribution in [-0.4, -0.2) is 41.2 Å². The molecule has 1 saturated heterocycles. The van der Waals surface area contributed by atoms with Crippen molar-refractivity contribution >= 4 is 6.09 Å². The van der Waals surface area contributed by atoms with Crippen molar-refractivity contribution in [3.63, 3.8) is 0 Å². The van der Waals surface area contributed by atoms with E-state index in [1.807, 2.05) is 20.8 Å². The zero-order valence-electron chi connectivity index (χ0n) is 10.7. The number of aliphatic hydroxyl groups is 1. The molecule has 1 spiro atoms. The molecule has 2 atom stereocenters. The summed E-state index contributed by atoms with van der Waals surface area (Å²) in [5.41, 5.74) is -0.928. The minimum Gasteiger partial charge on any atom is -0.444 e. The molecular formula is C12H21NO4. The fourth-order valence-electron chi connectivity index (χ4n) is 2.34. The highest BCUT2D eigenvalue weighted by Crippen LogP contribution is 2.43. The van der Waals surface area contributed by atoms with Crippen LogP contribution in [0.2, 0.25) is 0 Å². The van der Waals surface area contributed by atoms with Crippen molar-refractivity contribution in [1.29, 1.82) is 0 Å². The summed E-state index contributed by atoms with van der Waals surface area (Å²) in [6, 6.07) is -0.356. The van der Waals surface area contributed by atoms with Crippen LogP contribution in [0.5, 0.6) is 0 Å². The summed E-state index contributed by atoms with van der Waals surface area (Å²) >= 11 is 0. The predicted molar refractivity (Wildman–Crippen MR) is 61.7 cm³/mol. The topological polar surface area (TPSA) is 67.8 Å². The first-order chi connectivity index (χ1) is 7.82. The third kappa shape index (κ3) is 2.55. The molecule has 2 rings (SSSR count). The smallest absolute Gasteiger partial charge is 0.408 e. The molecule has 2 aliphatic rings. The molecule has 0 unspecified atom stereocenters. The second kappa shape index (κ2) is 4.14. The Morgan fingerprint density at radius 2 is 2.12 bits per heavy atom. The summed E-state index contributed by atoms with van der Waals surface area (Å²) in [6.45, 7) is 5.78. The van der Waals surface area contributed by atoms with E-state index in [1.165, 1.54) is 0 Å². The van der Waals surface area contributed by atoms with Gasteiger partial charge in [0.1, 0.15) is 11.7 Å². The number of carbonyl (C=O) groups is 1. The number of alkyl carbamates (subject to hydrolysis) is 1. The van der Waals surface area contributed by atoms with Gasteiger partial charge >= 0.3 is 6.09 Å². The highest BCUT2D eigenvalue weighted by atomic mass is 16.6. The molecule has 17 heavy (non-hydrogen) atoms. The molecule has 0 bridgehead atoms. The van der Waals surface area contributed by atoms with Crippen LogP contribution in [0, 0.1) is 0 Å². The first-order valence-corrected chi connectivity index (χ1v) is 6.14. The summed E-state index contributed by atoms with van der Waals surface area (Å²) in [7, 11) is 0. The minimum absolute atomic E-state index is 0.356. The summed E-state index contributed by atoms with van der Waals surface area (Å²) in [5, 5.41) is 12.8. The maximum Gasteiger partial charge on any atom is 0.408 e. The average Bonchev–Trinajstić information content (AvgIpc) is 2.40. The third-order valence-electron chi connectivity index (χ3n) is 3.37. The Hall–Kier alpha value is -0.810. The number of nitrogens with one attached hydrogen (secondary N) is 1. The lowest BCUT2D eigenvalue weighted by molar-refractivity contribution is -0.111. The van der Waals surface area contributed by atoms with Gasteiger partial charge in [0.2, 0.25) is 0 Å². The van der Waals surface area contributed by atoms with Crippen molar-refractivity contribution in [2.45, 2.75) is 63.4 Å². The van der Waals surface area contributed by atoms with E-state index in [1.54, 1.807) is 0 Å². The van der Waals surface area contributed by atoms with Gasteiger partial charge in [0.25, 0.3) is 0 Å². The van der Waals surface area contributed by atoms with Gasteiger partial charge in [-0.25, -0.2) is 4.79 Å². The first-order valence-electron chi connectivity index (χ1n) is 6.14. The quantitative estimate of drug-likeness (QED) is 0.726. The first kappa shape index (κ1) is 12.6. The molecule has 0 aromatic heterocycles. The van der Waals surface area contributed by atoms with Crippen LogP contribution in [0.15, 0.2) is 0 Å². The molecule has 0 aromatic carbocycles. The lowest BCUT2D eigenvalue weighted by atomic mass is 9.75. The normalized spacial score (nSPS) is 31.1. The van der Waals surface area contributed by atoms with Crippen molar-refractivity contribution in [1.82, 2.24) is 5.32 Å². The van der Waals surface area contributed by atoms with E-state index in [9.17, 15) is 9.90 Å². The third-order valence-corrected chi connectivity index (χ3v) is 3.37. The molecule has 0 aromatic rings. The summed E-state index contributed by atoms with van der Waals surface area (Å²) in [4.78, 5) is 11.6. The van der Waals surface area contributed by atoms with Crippen LogP contribution in [0.3, 0.4) is 0 Å². The lowest BCUT2D eigenvalue weighted by Gasteiger charge is -2.40. The second-order valence-electron chi connectivity index (χ2n) is 5.93. The van der Waals surface area contributed by atoms with E-state index in [0.29, 0.717) is 6.61 Å².